The van der Waals surface area contributed by atoms with Gasteiger partial charge >= 0.3 is 11.6 Å². The molecule has 5 heteroatoms. The van der Waals surface area contributed by atoms with Gasteiger partial charge in [0.15, 0.2) is 0 Å². The molecule has 0 fully saturated rings. The summed E-state index contributed by atoms with van der Waals surface area (Å²) in [6.45, 7) is 2.83. The number of fused-ring (bicyclic) bond motifs is 1. The van der Waals surface area contributed by atoms with Crippen molar-refractivity contribution in [1.82, 2.24) is 0 Å². The van der Waals surface area contributed by atoms with Crippen LogP contribution in [0.5, 0.6) is 11.5 Å². The minimum atomic E-state index is -0.810. The summed E-state index contributed by atoms with van der Waals surface area (Å²) in [6, 6.07) is 4.73. The first kappa shape index (κ1) is 11.2. The summed E-state index contributed by atoms with van der Waals surface area (Å²) in [7, 11) is 0. The van der Waals surface area contributed by atoms with Crippen LogP contribution in [0.2, 0.25) is 0 Å². The molecule has 0 spiro atoms. The van der Waals surface area contributed by atoms with E-state index in [0.29, 0.717) is 10.9 Å². The van der Waals surface area contributed by atoms with Crippen molar-refractivity contribution < 1.29 is 19.1 Å². The first-order valence-electron chi connectivity index (χ1n) is 4.94. The number of benzene rings is 1. The largest absolute Gasteiger partial charge is 0.502 e. The second kappa shape index (κ2) is 3.93. The normalized spacial score (nSPS) is 10.5. The fourth-order valence-corrected chi connectivity index (χ4v) is 1.63. The van der Waals surface area contributed by atoms with Crippen LogP contribution in [0.1, 0.15) is 12.5 Å². The topological polar surface area (TPSA) is 76.7 Å². The summed E-state index contributed by atoms with van der Waals surface area (Å²) < 4.78 is 9.89. The molecule has 2 rings (SSSR count). The minimum absolute atomic E-state index is 0.256. The van der Waals surface area contributed by atoms with Gasteiger partial charge in [-0.25, -0.2) is 4.79 Å². The number of aryl methyl sites for hydroxylation is 1. The first-order chi connectivity index (χ1) is 8.00. The number of ether oxygens (including phenoxy) is 1. The molecule has 0 amide bonds. The van der Waals surface area contributed by atoms with Crippen molar-refractivity contribution >= 4 is 16.9 Å². The SMILES string of the molecule is CC(=O)Oc1cccc2oc(=O)c(O)c(C)c12. The van der Waals surface area contributed by atoms with Crippen LogP contribution in [-0.2, 0) is 4.79 Å². The lowest BCUT2D eigenvalue weighted by Gasteiger charge is -2.08. The van der Waals surface area contributed by atoms with Gasteiger partial charge in [0.25, 0.3) is 0 Å². The van der Waals surface area contributed by atoms with Gasteiger partial charge in [-0.1, -0.05) is 6.07 Å². The van der Waals surface area contributed by atoms with Crippen LogP contribution in [-0.4, -0.2) is 11.1 Å². The summed E-state index contributed by atoms with van der Waals surface area (Å²) in [4.78, 5) is 22.2. The van der Waals surface area contributed by atoms with E-state index in [1.54, 1.807) is 25.1 Å². The molecule has 0 saturated heterocycles. The zero-order valence-corrected chi connectivity index (χ0v) is 9.31. The van der Waals surface area contributed by atoms with E-state index < -0.39 is 17.3 Å². The number of rotatable bonds is 1. The molecule has 0 saturated carbocycles. The van der Waals surface area contributed by atoms with E-state index in [2.05, 4.69) is 0 Å². The Morgan fingerprint density at radius 2 is 2.12 bits per heavy atom. The Kier molecular flexibility index (Phi) is 2.59. The third-order valence-electron chi connectivity index (χ3n) is 2.37. The van der Waals surface area contributed by atoms with Crippen molar-refractivity contribution in [3.05, 3.63) is 34.2 Å². The maximum absolute atomic E-state index is 11.3. The average Bonchev–Trinajstić information content (AvgIpc) is 2.25. The zero-order chi connectivity index (χ0) is 12.6. The Hall–Kier alpha value is -2.30. The lowest BCUT2D eigenvalue weighted by atomic mass is 10.1. The number of hydrogen-bond donors (Lipinski definition) is 1. The smallest absolute Gasteiger partial charge is 0.379 e. The van der Waals surface area contributed by atoms with Gasteiger partial charge in [-0.3, -0.25) is 4.79 Å². The molecule has 0 radical (unpaired) electrons. The monoisotopic (exact) mass is 234 g/mol. The van der Waals surface area contributed by atoms with Crippen LogP contribution in [0.15, 0.2) is 27.4 Å². The maximum Gasteiger partial charge on any atom is 0.379 e. The Bertz CT molecular complexity index is 654. The Balaban J connectivity index is 2.83. The van der Waals surface area contributed by atoms with Crippen LogP contribution in [0.25, 0.3) is 11.0 Å². The summed E-state index contributed by atoms with van der Waals surface area (Å²) >= 11 is 0. The predicted octanol–water partition coefficient (Wildman–Crippen LogP) is 1.73. The van der Waals surface area contributed by atoms with Gasteiger partial charge in [-0.05, 0) is 19.1 Å². The highest BCUT2D eigenvalue weighted by molar-refractivity contribution is 5.90. The highest BCUT2D eigenvalue weighted by Gasteiger charge is 2.14. The van der Waals surface area contributed by atoms with Crippen molar-refractivity contribution in [3.8, 4) is 11.5 Å². The summed E-state index contributed by atoms with van der Waals surface area (Å²) in [5, 5.41) is 9.93. The molecule has 0 aliphatic carbocycles. The number of esters is 1. The van der Waals surface area contributed by atoms with Crippen LogP contribution >= 0.6 is 0 Å². The molecule has 0 bridgehead atoms. The Morgan fingerprint density at radius 3 is 2.76 bits per heavy atom. The molecule has 0 aliphatic rings. The number of carbonyl (C=O) groups is 1. The van der Waals surface area contributed by atoms with Gasteiger partial charge < -0.3 is 14.3 Å². The zero-order valence-electron chi connectivity index (χ0n) is 9.31. The van der Waals surface area contributed by atoms with E-state index in [0.717, 1.165) is 0 Å². The second-order valence-corrected chi connectivity index (χ2v) is 3.59. The van der Waals surface area contributed by atoms with Gasteiger partial charge in [-0.15, -0.1) is 0 Å². The second-order valence-electron chi connectivity index (χ2n) is 3.59. The average molecular weight is 234 g/mol. The third kappa shape index (κ3) is 1.87. The lowest BCUT2D eigenvalue weighted by Crippen LogP contribution is -2.05. The summed E-state index contributed by atoms with van der Waals surface area (Å²) in [6.07, 6.45) is 0. The van der Waals surface area contributed by atoms with E-state index in [1.807, 2.05) is 0 Å². The number of carbonyl (C=O) groups excluding carboxylic acids is 1. The van der Waals surface area contributed by atoms with Crippen LogP contribution in [0.3, 0.4) is 0 Å². The lowest BCUT2D eigenvalue weighted by molar-refractivity contribution is -0.131. The minimum Gasteiger partial charge on any atom is -0.502 e. The Labute approximate surface area is 96.2 Å². The fourth-order valence-electron chi connectivity index (χ4n) is 1.63. The Morgan fingerprint density at radius 1 is 1.41 bits per heavy atom. The van der Waals surface area contributed by atoms with Gasteiger partial charge in [0.05, 0.1) is 5.39 Å². The van der Waals surface area contributed by atoms with Crippen molar-refractivity contribution in [2.75, 3.05) is 0 Å². The molecule has 0 unspecified atom stereocenters. The highest BCUT2D eigenvalue weighted by Crippen LogP contribution is 2.31. The molecule has 5 nitrogen and oxygen atoms in total. The highest BCUT2D eigenvalue weighted by atomic mass is 16.5. The molecule has 88 valence electrons. The number of hydrogen-bond acceptors (Lipinski definition) is 5. The predicted molar refractivity (Wildman–Crippen MR) is 60.2 cm³/mol. The van der Waals surface area contributed by atoms with Crippen molar-refractivity contribution in [3.63, 3.8) is 0 Å². The molecular formula is C12H10O5. The fraction of sp³-hybridized carbons (Fsp3) is 0.167. The summed E-state index contributed by atoms with van der Waals surface area (Å²) in [5.74, 6) is -0.703. The quantitative estimate of drug-likeness (QED) is 0.462. The van der Waals surface area contributed by atoms with E-state index in [9.17, 15) is 14.7 Å². The standard InChI is InChI=1S/C12H10O5/c1-6-10-8(16-7(2)13)4-3-5-9(10)17-12(15)11(6)14/h3-5,14H,1-2H3. The molecule has 0 aliphatic heterocycles. The van der Waals surface area contributed by atoms with Crippen molar-refractivity contribution in [2.24, 2.45) is 0 Å². The van der Waals surface area contributed by atoms with Crippen molar-refractivity contribution in [2.45, 2.75) is 13.8 Å². The number of aromatic hydroxyl groups is 1. The molecule has 0 atom stereocenters. The first-order valence-corrected chi connectivity index (χ1v) is 4.94. The van der Waals surface area contributed by atoms with Crippen LogP contribution in [0, 0.1) is 6.92 Å². The van der Waals surface area contributed by atoms with E-state index in [-0.39, 0.29) is 11.3 Å². The van der Waals surface area contributed by atoms with Gasteiger partial charge in [0.1, 0.15) is 11.3 Å². The van der Waals surface area contributed by atoms with E-state index >= 15 is 0 Å². The van der Waals surface area contributed by atoms with E-state index in [1.165, 1.54) is 6.92 Å². The van der Waals surface area contributed by atoms with Crippen LogP contribution in [0.4, 0.5) is 0 Å². The van der Waals surface area contributed by atoms with Crippen molar-refractivity contribution in [1.29, 1.82) is 0 Å². The molecule has 1 aromatic heterocycles. The molecule has 1 heterocycles. The molecular weight excluding hydrogens is 224 g/mol. The van der Waals surface area contributed by atoms with Gasteiger partial charge in [0, 0.05) is 12.5 Å². The molecule has 1 N–H and O–H groups in total. The maximum atomic E-state index is 11.3. The van der Waals surface area contributed by atoms with Crippen LogP contribution < -0.4 is 10.4 Å². The molecule has 17 heavy (non-hydrogen) atoms. The van der Waals surface area contributed by atoms with E-state index in [4.69, 9.17) is 9.15 Å². The summed E-state index contributed by atoms with van der Waals surface area (Å²) in [5.41, 5.74) is -0.216. The molecule has 2 aromatic rings. The van der Waals surface area contributed by atoms with Gasteiger partial charge in [-0.2, -0.15) is 0 Å². The van der Waals surface area contributed by atoms with Gasteiger partial charge in [0.2, 0.25) is 5.75 Å². The molecule has 1 aromatic carbocycles. The third-order valence-corrected chi connectivity index (χ3v) is 2.37.